The number of hydrogen-bond acceptors (Lipinski definition) is 3. The monoisotopic (exact) mass is 338 g/mol. The summed E-state index contributed by atoms with van der Waals surface area (Å²) >= 11 is 0. The summed E-state index contributed by atoms with van der Waals surface area (Å²) in [4.78, 5) is 26.4. The van der Waals surface area contributed by atoms with E-state index in [0.29, 0.717) is 6.54 Å². The second-order valence-corrected chi connectivity index (χ2v) is 6.89. The van der Waals surface area contributed by atoms with Crippen LogP contribution in [0.15, 0.2) is 54.6 Å². The van der Waals surface area contributed by atoms with Crippen LogP contribution in [0.4, 0.5) is 5.69 Å². The lowest BCUT2D eigenvalue weighted by atomic mass is 9.88. The lowest BCUT2D eigenvalue weighted by molar-refractivity contribution is -0.142. The van der Waals surface area contributed by atoms with Crippen LogP contribution in [-0.4, -0.2) is 34.0 Å². The number of carboxylic acids is 1. The van der Waals surface area contributed by atoms with Crippen LogP contribution in [0.25, 0.3) is 0 Å². The third-order valence-corrected chi connectivity index (χ3v) is 4.55. The highest BCUT2D eigenvalue weighted by Crippen LogP contribution is 2.30. The molecule has 1 heterocycles. The van der Waals surface area contributed by atoms with Gasteiger partial charge in [0.2, 0.25) is 5.91 Å². The Labute approximate surface area is 147 Å². The van der Waals surface area contributed by atoms with E-state index in [4.69, 9.17) is 0 Å². The number of hydrogen-bond donors (Lipinski definition) is 2. The van der Waals surface area contributed by atoms with E-state index in [0.717, 1.165) is 16.8 Å². The first-order valence-electron chi connectivity index (χ1n) is 8.32. The Bertz CT molecular complexity index is 787. The Morgan fingerprint density at radius 3 is 2.40 bits per heavy atom. The molecule has 1 unspecified atom stereocenters. The second kappa shape index (κ2) is 6.59. The van der Waals surface area contributed by atoms with Gasteiger partial charge in [-0.15, -0.1) is 0 Å². The molecule has 25 heavy (non-hydrogen) atoms. The van der Waals surface area contributed by atoms with Crippen molar-refractivity contribution < 1.29 is 14.7 Å². The largest absolute Gasteiger partial charge is 0.481 e. The van der Waals surface area contributed by atoms with Crippen LogP contribution in [-0.2, 0) is 16.1 Å². The average molecular weight is 338 g/mol. The zero-order chi connectivity index (χ0) is 18.0. The number of fused-ring (bicyclic) bond motifs is 1. The molecule has 2 N–H and O–H groups in total. The van der Waals surface area contributed by atoms with Crippen molar-refractivity contribution in [2.75, 3.05) is 11.9 Å². The maximum absolute atomic E-state index is 13.1. The van der Waals surface area contributed by atoms with Gasteiger partial charge >= 0.3 is 5.97 Å². The minimum atomic E-state index is -0.904. The molecule has 2 aromatic carbocycles. The summed E-state index contributed by atoms with van der Waals surface area (Å²) in [6.45, 7) is 4.25. The van der Waals surface area contributed by atoms with E-state index in [1.54, 1.807) is 4.90 Å². The molecule has 0 fully saturated rings. The number of nitrogens with zero attached hydrogens (tertiary/aromatic N) is 1. The minimum Gasteiger partial charge on any atom is -0.481 e. The Kier molecular flexibility index (Phi) is 4.49. The molecule has 5 heteroatoms. The fraction of sp³-hybridized carbons (Fsp3) is 0.300. The number of aliphatic carboxylic acids is 1. The highest BCUT2D eigenvalue weighted by Gasteiger charge is 2.38. The Balaban J connectivity index is 1.84. The van der Waals surface area contributed by atoms with Gasteiger partial charge in [-0.25, -0.2) is 0 Å². The maximum atomic E-state index is 13.1. The van der Waals surface area contributed by atoms with Gasteiger partial charge in [0.1, 0.15) is 5.54 Å². The molecule has 0 bridgehead atoms. The summed E-state index contributed by atoms with van der Waals surface area (Å²) in [6.07, 6.45) is 0. The Morgan fingerprint density at radius 2 is 1.72 bits per heavy atom. The molecule has 1 amide bonds. The first-order valence-corrected chi connectivity index (χ1v) is 8.32. The number of carbonyl (C=O) groups is 2. The van der Waals surface area contributed by atoms with E-state index in [9.17, 15) is 14.7 Å². The highest BCUT2D eigenvalue weighted by atomic mass is 16.4. The fourth-order valence-electron chi connectivity index (χ4n) is 3.30. The van der Waals surface area contributed by atoms with Gasteiger partial charge in [0, 0.05) is 18.8 Å². The van der Waals surface area contributed by atoms with Gasteiger partial charge in [-0.3, -0.25) is 9.59 Å². The number of nitrogens with one attached hydrogen (secondary N) is 1. The molecule has 0 aliphatic carbocycles. The molecule has 1 atom stereocenters. The first-order chi connectivity index (χ1) is 11.9. The van der Waals surface area contributed by atoms with Gasteiger partial charge in [0.05, 0.1) is 5.92 Å². The van der Waals surface area contributed by atoms with Crippen molar-refractivity contribution in [1.29, 1.82) is 0 Å². The molecule has 0 aromatic heterocycles. The number of carbonyl (C=O) groups excluding carboxylic acids is 1. The molecule has 1 aliphatic rings. The standard InChI is InChI=1S/C20H22N2O3/c1-20(2,21-15-9-4-3-5-10-15)19(25)22-12-14-8-6-7-11-16(14)17(13-22)18(23)24/h3-11,17,21H,12-13H2,1-2H3,(H,23,24). The van der Waals surface area contributed by atoms with Gasteiger partial charge in [-0.2, -0.15) is 0 Å². The zero-order valence-electron chi connectivity index (χ0n) is 14.4. The average Bonchev–Trinajstić information content (AvgIpc) is 2.60. The van der Waals surface area contributed by atoms with Crippen LogP contribution in [0.5, 0.6) is 0 Å². The van der Waals surface area contributed by atoms with Crippen molar-refractivity contribution in [1.82, 2.24) is 4.90 Å². The molecular weight excluding hydrogens is 316 g/mol. The van der Waals surface area contributed by atoms with Crippen LogP contribution in [0, 0.1) is 0 Å². The van der Waals surface area contributed by atoms with Crippen molar-refractivity contribution in [3.8, 4) is 0 Å². The SMILES string of the molecule is CC(C)(Nc1ccccc1)C(=O)N1Cc2ccccc2C(C(=O)O)C1. The molecule has 130 valence electrons. The summed E-state index contributed by atoms with van der Waals surface area (Å²) in [5.41, 5.74) is 1.71. The van der Waals surface area contributed by atoms with E-state index in [1.165, 1.54) is 0 Å². The normalized spacial score (nSPS) is 16.9. The summed E-state index contributed by atoms with van der Waals surface area (Å²) in [5, 5.41) is 12.8. The molecule has 0 spiro atoms. The number of para-hydroxylation sites is 1. The minimum absolute atomic E-state index is 0.114. The molecule has 0 saturated carbocycles. The van der Waals surface area contributed by atoms with Gasteiger partial charge in [-0.1, -0.05) is 42.5 Å². The van der Waals surface area contributed by atoms with Gasteiger partial charge < -0.3 is 15.3 Å². The van der Waals surface area contributed by atoms with Crippen LogP contribution in [0.1, 0.15) is 30.9 Å². The van der Waals surface area contributed by atoms with Crippen molar-refractivity contribution >= 4 is 17.6 Å². The highest BCUT2D eigenvalue weighted by molar-refractivity contribution is 5.90. The van der Waals surface area contributed by atoms with E-state index >= 15 is 0 Å². The van der Waals surface area contributed by atoms with E-state index < -0.39 is 17.4 Å². The third-order valence-electron chi connectivity index (χ3n) is 4.55. The molecule has 0 saturated heterocycles. The first kappa shape index (κ1) is 17.0. The zero-order valence-corrected chi connectivity index (χ0v) is 14.4. The second-order valence-electron chi connectivity index (χ2n) is 6.89. The topological polar surface area (TPSA) is 69.6 Å². The molecule has 5 nitrogen and oxygen atoms in total. The Hall–Kier alpha value is -2.82. The number of benzene rings is 2. The molecule has 2 aromatic rings. The van der Waals surface area contributed by atoms with Crippen molar-refractivity contribution in [3.05, 3.63) is 65.7 Å². The summed E-state index contributed by atoms with van der Waals surface area (Å²) in [7, 11) is 0. The van der Waals surface area contributed by atoms with E-state index in [2.05, 4.69) is 5.32 Å². The van der Waals surface area contributed by atoms with Crippen LogP contribution in [0.3, 0.4) is 0 Å². The van der Waals surface area contributed by atoms with Gasteiger partial charge in [0.15, 0.2) is 0 Å². The van der Waals surface area contributed by atoms with Crippen LogP contribution >= 0.6 is 0 Å². The third kappa shape index (κ3) is 3.50. The lowest BCUT2D eigenvalue weighted by Gasteiger charge is -2.38. The number of rotatable bonds is 4. The molecule has 3 rings (SSSR count). The van der Waals surface area contributed by atoms with Crippen LogP contribution in [0.2, 0.25) is 0 Å². The van der Waals surface area contributed by atoms with Crippen molar-refractivity contribution in [2.45, 2.75) is 31.8 Å². The Morgan fingerprint density at radius 1 is 1.08 bits per heavy atom. The summed E-state index contributed by atoms with van der Waals surface area (Å²) in [5.74, 6) is -1.71. The maximum Gasteiger partial charge on any atom is 0.312 e. The number of amides is 1. The van der Waals surface area contributed by atoms with Crippen molar-refractivity contribution in [2.24, 2.45) is 0 Å². The van der Waals surface area contributed by atoms with Crippen molar-refractivity contribution in [3.63, 3.8) is 0 Å². The van der Waals surface area contributed by atoms with Crippen LogP contribution < -0.4 is 5.32 Å². The van der Waals surface area contributed by atoms with E-state index in [1.807, 2.05) is 68.4 Å². The predicted octanol–water partition coefficient (Wildman–Crippen LogP) is 3.09. The smallest absolute Gasteiger partial charge is 0.312 e. The predicted molar refractivity (Wildman–Crippen MR) is 96.4 cm³/mol. The fourth-order valence-corrected chi connectivity index (χ4v) is 3.30. The van der Waals surface area contributed by atoms with Gasteiger partial charge in [0.25, 0.3) is 0 Å². The molecule has 1 aliphatic heterocycles. The number of anilines is 1. The summed E-state index contributed by atoms with van der Waals surface area (Å²) < 4.78 is 0. The van der Waals surface area contributed by atoms with E-state index in [-0.39, 0.29) is 12.5 Å². The molecule has 0 radical (unpaired) electrons. The van der Waals surface area contributed by atoms with Gasteiger partial charge in [-0.05, 0) is 37.1 Å². The number of carboxylic acid groups (broad SMARTS) is 1. The summed E-state index contributed by atoms with van der Waals surface area (Å²) in [6, 6.07) is 17.0. The lowest BCUT2D eigenvalue weighted by Crippen LogP contribution is -2.52. The molecular formula is C20H22N2O3. The quantitative estimate of drug-likeness (QED) is 0.899.